The fraction of sp³-hybridized carbons (Fsp3) is 0.0172. The molecule has 0 saturated heterocycles. The van der Waals surface area contributed by atoms with Crippen molar-refractivity contribution >= 4 is 43.9 Å². The summed E-state index contributed by atoms with van der Waals surface area (Å²) in [5, 5.41) is 4.09. The van der Waals surface area contributed by atoms with Crippen molar-refractivity contribution in [2.24, 2.45) is 0 Å². The van der Waals surface area contributed by atoms with Crippen LogP contribution in [-0.2, 0) is 5.41 Å². The highest BCUT2D eigenvalue weighted by Gasteiger charge is 2.51. The number of rotatable bonds is 4. The lowest BCUT2D eigenvalue weighted by Gasteiger charge is -2.30. The summed E-state index contributed by atoms with van der Waals surface area (Å²) in [7, 11) is 0. The highest BCUT2D eigenvalue weighted by atomic mass is 16.3. The second-order valence-corrected chi connectivity index (χ2v) is 16.6. The Hall–Kier alpha value is -8.41. The van der Waals surface area contributed by atoms with Gasteiger partial charge in [0.15, 0.2) is 17.5 Å². The smallest absolute Gasteiger partial charge is 0.164 e. The van der Waals surface area contributed by atoms with Crippen molar-refractivity contribution in [1.82, 2.24) is 15.0 Å². The molecule has 0 N–H and O–H groups in total. The summed E-state index contributed by atoms with van der Waals surface area (Å²) >= 11 is 0. The summed E-state index contributed by atoms with van der Waals surface area (Å²) in [5.74, 6) is 1.72. The van der Waals surface area contributed by atoms with E-state index in [4.69, 9.17) is 23.8 Å². The predicted molar refractivity (Wildman–Crippen MR) is 252 cm³/mol. The van der Waals surface area contributed by atoms with E-state index < -0.39 is 5.41 Å². The van der Waals surface area contributed by atoms with Crippen LogP contribution in [-0.4, -0.2) is 15.0 Å². The number of furan rings is 2. The molecule has 5 nitrogen and oxygen atoms in total. The van der Waals surface area contributed by atoms with E-state index in [1.165, 1.54) is 44.5 Å². The molecule has 9 aromatic carbocycles. The molecule has 3 heterocycles. The number of para-hydroxylation sites is 1. The lowest BCUT2D eigenvalue weighted by molar-refractivity contribution is 0.668. The van der Waals surface area contributed by atoms with Crippen molar-refractivity contribution in [3.63, 3.8) is 0 Å². The molecule has 63 heavy (non-hydrogen) atoms. The van der Waals surface area contributed by atoms with Gasteiger partial charge in [0.2, 0.25) is 0 Å². The Morgan fingerprint density at radius 3 is 1.57 bits per heavy atom. The zero-order valence-corrected chi connectivity index (χ0v) is 33.7. The van der Waals surface area contributed by atoms with Crippen LogP contribution in [0.1, 0.15) is 22.3 Å². The van der Waals surface area contributed by atoms with Gasteiger partial charge < -0.3 is 8.83 Å². The minimum atomic E-state index is -0.420. The fourth-order valence-corrected chi connectivity index (χ4v) is 10.7. The number of fused-ring (bicyclic) bond motifs is 16. The number of aromatic nitrogens is 3. The number of nitrogens with zero attached hydrogens (tertiary/aromatic N) is 3. The third-order valence-electron chi connectivity index (χ3n) is 13.4. The molecular weight excluding hydrogens is 771 g/mol. The average molecular weight is 804 g/mol. The number of benzene rings is 9. The molecule has 0 fully saturated rings. The van der Waals surface area contributed by atoms with Gasteiger partial charge in [-0.2, -0.15) is 0 Å². The van der Waals surface area contributed by atoms with Gasteiger partial charge >= 0.3 is 0 Å². The van der Waals surface area contributed by atoms with Crippen LogP contribution in [0.5, 0.6) is 0 Å². The average Bonchev–Trinajstić information content (AvgIpc) is 4.09. The standard InChI is InChI=1S/C58H33N3O2/c1-2-13-34(14-3-1)55-59-56(37-26-29-43-42-18-7-11-23-50(42)63-53(43)33-37)61-57(60-55)44-19-12-24-52-54(44)45-31-35(27-30-51(45)62-52)36-25-28-41-40-17-6-10-22-48(40)58(49(41)32-36)46-20-8-4-15-38(46)39-16-5-9-21-47(39)58/h1-33H. The monoisotopic (exact) mass is 803 g/mol. The van der Waals surface area contributed by atoms with E-state index in [9.17, 15) is 0 Å². The summed E-state index contributed by atoms with van der Waals surface area (Å²) in [4.78, 5) is 15.4. The van der Waals surface area contributed by atoms with Crippen molar-refractivity contribution in [2.45, 2.75) is 5.41 Å². The van der Waals surface area contributed by atoms with Crippen LogP contribution in [0.3, 0.4) is 0 Å². The molecule has 2 aliphatic rings. The summed E-state index contributed by atoms with van der Waals surface area (Å²) in [6, 6.07) is 71.0. The third kappa shape index (κ3) is 4.79. The van der Waals surface area contributed by atoms with Crippen molar-refractivity contribution in [2.75, 3.05) is 0 Å². The van der Waals surface area contributed by atoms with Crippen LogP contribution >= 0.6 is 0 Å². The summed E-state index contributed by atoms with van der Waals surface area (Å²) in [5.41, 5.74) is 18.1. The predicted octanol–water partition coefficient (Wildman–Crippen LogP) is 14.7. The minimum absolute atomic E-state index is 0.420. The summed E-state index contributed by atoms with van der Waals surface area (Å²) in [6.07, 6.45) is 0. The van der Waals surface area contributed by atoms with E-state index in [-0.39, 0.29) is 0 Å². The molecule has 0 radical (unpaired) electrons. The molecule has 5 heteroatoms. The molecule has 12 aromatic rings. The van der Waals surface area contributed by atoms with Crippen molar-refractivity contribution in [3.8, 4) is 67.5 Å². The van der Waals surface area contributed by atoms with Crippen LogP contribution in [0, 0.1) is 0 Å². The Kier molecular flexibility index (Phi) is 6.97. The van der Waals surface area contributed by atoms with Gasteiger partial charge in [0, 0.05) is 38.2 Å². The minimum Gasteiger partial charge on any atom is -0.456 e. The van der Waals surface area contributed by atoms with Crippen LogP contribution in [0.15, 0.2) is 209 Å². The second-order valence-electron chi connectivity index (χ2n) is 16.6. The van der Waals surface area contributed by atoms with E-state index in [1.807, 2.05) is 66.7 Å². The number of hydrogen-bond donors (Lipinski definition) is 0. The Morgan fingerprint density at radius 1 is 0.286 bits per heavy atom. The van der Waals surface area contributed by atoms with Gasteiger partial charge in [-0.05, 0) is 98.1 Å². The van der Waals surface area contributed by atoms with E-state index in [2.05, 4.69) is 133 Å². The Labute approximate surface area is 361 Å². The molecule has 3 aromatic heterocycles. The summed E-state index contributed by atoms with van der Waals surface area (Å²) < 4.78 is 12.9. The van der Waals surface area contributed by atoms with Crippen molar-refractivity contribution in [3.05, 3.63) is 222 Å². The Morgan fingerprint density at radius 2 is 0.810 bits per heavy atom. The lowest BCUT2D eigenvalue weighted by atomic mass is 9.70. The lowest BCUT2D eigenvalue weighted by Crippen LogP contribution is -2.25. The van der Waals surface area contributed by atoms with Gasteiger partial charge in [0.25, 0.3) is 0 Å². The van der Waals surface area contributed by atoms with E-state index in [1.54, 1.807) is 0 Å². The van der Waals surface area contributed by atoms with E-state index in [0.717, 1.165) is 71.7 Å². The maximum absolute atomic E-state index is 6.60. The van der Waals surface area contributed by atoms with Crippen molar-refractivity contribution in [1.29, 1.82) is 0 Å². The molecule has 0 unspecified atom stereocenters. The molecule has 0 bridgehead atoms. The molecule has 0 aliphatic heterocycles. The normalized spacial score (nSPS) is 13.2. The molecule has 0 saturated carbocycles. The van der Waals surface area contributed by atoms with Crippen LogP contribution in [0.25, 0.3) is 111 Å². The fourth-order valence-electron chi connectivity index (χ4n) is 10.7. The molecule has 0 amide bonds. The highest BCUT2D eigenvalue weighted by molar-refractivity contribution is 6.13. The maximum Gasteiger partial charge on any atom is 0.164 e. The first-order valence-electron chi connectivity index (χ1n) is 21.3. The van der Waals surface area contributed by atoms with Crippen molar-refractivity contribution < 1.29 is 8.83 Å². The molecule has 0 atom stereocenters. The first-order valence-corrected chi connectivity index (χ1v) is 21.3. The van der Waals surface area contributed by atoms with Gasteiger partial charge in [-0.3, -0.25) is 0 Å². The molecular formula is C58H33N3O2. The van der Waals surface area contributed by atoms with Crippen LogP contribution < -0.4 is 0 Å². The molecule has 292 valence electrons. The number of hydrogen-bond acceptors (Lipinski definition) is 5. The van der Waals surface area contributed by atoms with E-state index >= 15 is 0 Å². The Bertz CT molecular complexity index is 3810. The molecule has 14 rings (SSSR count). The first-order chi connectivity index (χ1) is 31.2. The van der Waals surface area contributed by atoms with Crippen LogP contribution in [0.4, 0.5) is 0 Å². The van der Waals surface area contributed by atoms with E-state index in [0.29, 0.717) is 17.5 Å². The van der Waals surface area contributed by atoms with Crippen LogP contribution in [0.2, 0.25) is 0 Å². The Balaban J connectivity index is 0.954. The summed E-state index contributed by atoms with van der Waals surface area (Å²) in [6.45, 7) is 0. The quantitative estimate of drug-likeness (QED) is 0.177. The van der Waals surface area contributed by atoms with Gasteiger partial charge in [0.05, 0.1) is 5.41 Å². The highest BCUT2D eigenvalue weighted by Crippen LogP contribution is 2.63. The maximum atomic E-state index is 6.60. The SMILES string of the molecule is c1ccc(-c2nc(-c3ccc4c(c3)oc3ccccc34)nc(-c3cccc4oc5ccc(-c6ccc7c(c6)C6(c8ccccc8-c8ccccc86)c6ccccc6-7)cc5c34)n2)cc1. The largest absolute Gasteiger partial charge is 0.456 e. The molecule has 1 spiro atoms. The van der Waals surface area contributed by atoms with Gasteiger partial charge in [0.1, 0.15) is 22.3 Å². The first kappa shape index (κ1) is 34.3. The van der Waals surface area contributed by atoms with Gasteiger partial charge in [-0.1, -0.05) is 158 Å². The second kappa shape index (κ2) is 12.8. The zero-order chi connectivity index (χ0) is 41.2. The third-order valence-corrected chi connectivity index (χ3v) is 13.4. The van der Waals surface area contributed by atoms with Gasteiger partial charge in [-0.25, -0.2) is 15.0 Å². The molecule has 2 aliphatic carbocycles. The van der Waals surface area contributed by atoms with Gasteiger partial charge in [-0.15, -0.1) is 0 Å². The topological polar surface area (TPSA) is 65.0 Å². The zero-order valence-electron chi connectivity index (χ0n) is 33.7.